The maximum atomic E-state index is 13.0. The summed E-state index contributed by atoms with van der Waals surface area (Å²) >= 11 is 6.05. The second kappa shape index (κ2) is 11.7. The van der Waals surface area contributed by atoms with Crippen LogP contribution in [0.5, 0.6) is 5.75 Å². The summed E-state index contributed by atoms with van der Waals surface area (Å²) in [5, 5.41) is 9.71. The first kappa shape index (κ1) is 24.5. The molecule has 1 saturated heterocycles. The molecule has 6 nitrogen and oxygen atoms in total. The highest BCUT2D eigenvalue weighted by Gasteiger charge is 2.36. The van der Waals surface area contributed by atoms with Gasteiger partial charge in [0, 0.05) is 49.7 Å². The monoisotopic (exact) mass is 481 g/mol. The van der Waals surface area contributed by atoms with Gasteiger partial charge < -0.3 is 20.1 Å². The van der Waals surface area contributed by atoms with Gasteiger partial charge in [0.2, 0.25) is 5.91 Å². The second-order valence-electron chi connectivity index (χ2n) is 8.64. The van der Waals surface area contributed by atoms with E-state index in [1.807, 2.05) is 36.4 Å². The van der Waals surface area contributed by atoms with Crippen molar-refractivity contribution >= 4 is 28.3 Å². The molecule has 1 heterocycles. The fraction of sp³-hybridized carbons (Fsp3) is 0.370. The molecule has 0 spiro atoms. The zero-order valence-corrected chi connectivity index (χ0v) is 20.5. The van der Waals surface area contributed by atoms with Gasteiger partial charge in [0.15, 0.2) is 0 Å². The van der Waals surface area contributed by atoms with Crippen LogP contribution in [-0.4, -0.2) is 56.8 Å². The predicted molar refractivity (Wildman–Crippen MR) is 136 cm³/mol. The molecule has 1 amide bonds. The molecular weight excluding hydrogens is 450 g/mol. The molecule has 3 aromatic rings. The van der Waals surface area contributed by atoms with Gasteiger partial charge in [-0.2, -0.15) is 0 Å². The van der Waals surface area contributed by atoms with Crippen molar-refractivity contribution in [2.75, 3.05) is 33.9 Å². The minimum Gasteiger partial charge on any atom is -0.496 e. The van der Waals surface area contributed by atoms with Gasteiger partial charge in [0.1, 0.15) is 5.75 Å². The number of benzene rings is 3. The van der Waals surface area contributed by atoms with Crippen LogP contribution in [0.2, 0.25) is 5.02 Å². The Balaban J connectivity index is 1.46. The van der Waals surface area contributed by atoms with Crippen LogP contribution < -0.4 is 15.4 Å². The molecule has 3 aromatic carbocycles. The first-order valence-electron chi connectivity index (χ1n) is 11.6. The third-order valence-electron chi connectivity index (χ3n) is 6.39. The molecule has 0 saturated carbocycles. The van der Waals surface area contributed by atoms with E-state index in [-0.39, 0.29) is 18.0 Å². The van der Waals surface area contributed by atoms with Crippen molar-refractivity contribution in [3.05, 3.63) is 76.8 Å². The number of hydrogen-bond donors (Lipinski definition) is 2. The highest BCUT2D eigenvalue weighted by atomic mass is 35.5. The van der Waals surface area contributed by atoms with E-state index >= 15 is 0 Å². The van der Waals surface area contributed by atoms with Gasteiger partial charge in [-0.3, -0.25) is 9.69 Å². The maximum Gasteiger partial charge on any atom is 0.237 e. The van der Waals surface area contributed by atoms with Crippen LogP contribution in [0.1, 0.15) is 17.5 Å². The highest BCUT2D eigenvalue weighted by Crippen LogP contribution is 2.29. The Kier molecular flexibility index (Phi) is 8.40. The van der Waals surface area contributed by atoms with E-state index in [4.69, 9.17) is 21.1 Å². The number of carbonyl (C=O) groups is 1. The number of amides is 1. The lowest BCUT2D eigenvalue weighted by atomic mass is 10.0. The number of rotatable bonds is 10. The number of methoxy groups -OCH3 is 2. The lowest BCUT2D eigenvalue weighted by molar-refractivity contribution is -0.125. The molecule has 1 aliphatic rings. The van der Waals surface area contributed by atoms with Gasteiger partial charge in [-0.25, -0.2) is 0 Å². The fourth-order valence-corrected chi connectivity index (χ4v) is 4.76. The average Bonchev–Trinajstić information content (AvgIpc) is 3.26. The molecule has 0 bridgehead atoms. The van der Waals surface area contributed by atoms with Crippen LogP contribution in [-0.2, 0) is 22.6 Å². The van der Waals surface area contributed by atoms with Gasteiger partial charge >= 0.3 is 0 Å². The summed E-state index contributed by atoms with van der Waals surface area (Å²) in [6, 6.07) is 20.3. The molecule has 0 unspecified atom stereocenters. The van der Waals surface area contributed by atoms with Crippen molar-refractivity contribution in [2.45, 2.75) is 31.6 Å². The van der Waals surface area contributed by atoms with Crippen molar-refractivity contribution < 1.29 is 14.3 Å². The van der Waals surface area contributed by atoms with Crippen molar-refractivity contribution in [1.29, 1.82) is 0 Å². The van der Waals surface area contributed by atoms with E-state index in [9.17, 15) is 4.79 Å². The zero-order chi connectivity index (χ0) is 23.9. The third-order valence-corrected chi connectivity index (χ3v) is 6.64. The minimum absolute atomic E-state index is 0.0465. The largest absolute Gasteiger partial charge is 0.496 e. The first-order chi connectivity index (χ1) is 16.6. The molecule has 180 valence electrons. The molecule has 0 aliphatic carbocycles. The summed E-state index contributed by atoms with van der Waals surface area (Å²) in [4.78, 5) is 15.2. The summed E-state index contributed by atoms with van der Waals surface area (Å²) in [5.41, 5.74) is 2.36. The summed E-state index contributed by atoms with van der Waals surface area (Å²) in [7, 11) is 3.34. The summed E-state index contributed by atoms with van der Waals surface area (Å²) < 4.78 is 10.6. The fourth-order valence-electron chi connectivity index (χ4n) is 4.64. The van der Waals surface area contributed by atoms with Gasteiger partial charge in [-0.05, 0) is 41.1 Å². The minimum atomic E-state index is -0.197. The molecule has 4 rings (SSSR count). The molecule has 1 fully saturated rings. The van der Waals surface area contributed by atoms with Crippen LogP contribution in [0.3, 0.4) is 0 Å². The van der Waals surface area contributed by atoms with E-state index in [0.29, 0.717) is 24.7 Å². The number of nitrogens with zero attached hydrogens (tertiary/aromatic N) is 1. The zero-order valence-electron chi connectivity index (χ0n) is 19.7. The molecule has 2 atom stereocenters. The number of carbonyl (C=O) groups excluding carboxylic acids is 1. The predicted octanol–water partition coefficient (Wildman–Crippen LogP) is 4.00. The Labute approximate surface area is 206 Å². The van der Waals surface area contributed by atoms with E-state index in [1.165, 1.54) is 10.9 Å². The average molecular weight is 482 g/mol. The molecule has 0 radical (unpaired) electrons. The number of ether oxygens (including phenoxy) is 2. The Bertz CT molecular complexity index is 1110. The number of fused-ring (bicyclic) bond motifs is 1. The topological polar surface area (TPSA) is 62.8 Å². The van der Waals surface area contributed by atoms with Crippen LogP contribution in [0.25, 0.3) is 10.8 Å². The van der Waals surface area contributed by atoms with Crippen LogP contribution >= 0.6 is 11.6 Å². The third kappa shape index (κ3) is 5.88. The lowest BCUT2D eigenvalue weighted by Crippen LogP contribution is -2.43. The second-order valence-corrected chi connectivity index (χ2v) is 9.08. The Morgan fingerprint density at radius 2 is 1.82 bits per heavy atom. The summed E-state index contributed by atoms with van der Waals surface area (Å²) in [6.45, 7) is 3.22. The van der Waals surface area contributed by atoms with Gasteiger partial charge in [-0.1, -0.05) is 54.1 Å². The molecular formula is C27H32ClN3O3. The smallest absolute Gasteiger partial charge is 0.237 e. The number of hydrogen-bond acceptors (Lipinski definition) is 5. The molecule has 1 aliphatic heterocycles. The van der Waals surface area contributed by atoms with Gasteiger partial charge in [0.05, 0.1) is 19.8 Å². The van der Waals surface area contributed by atoms with Crippen molar-refractivity contribution in [3.63, 3.8) is 0 Å². The highest BCUT2D eigenvalue weighted by molar-refractivity contribution is 6.30. The van der Waals surface area contributed by atoms with Crippen LogP contribution in [0.4, 0.5) is 0 Å². The molecule has 0 aromatic heterocycles. The van der Waals surface area contributed by atoms with Crippen LogP contribution in [0.15, 0.2) is 60.7 Å². The molecule has 34 heavy (non-hydrogen) atoms. The number of halogens is 1. The van der Waals surface area contributed by atoms with Gasteiger partial charge in [0.25, 0.3) is 0 Å². The van der Waals surface area contributed by atoms with Crippen molar-refractivity contribution in [1.82, 2.24) is 15.5 Å². The Hall–Kier alpha value is -2.64. The van der Waals surface area contributed by atoms with E-state index in [0.717, 1.165) is 36.2 Å². The number of nitrogens with one attached hydrogen (secondary N) is 2. The Morgan fingerprint density at radius 1 is 1.06 bits per heavy atom. The van der Waals surface area contributed by atoms with Crippen molar-refractivity contribution in [2.24, 2.45) is 0 Å². The molecule has 2 N–H and O–H groups in total. The summed E-state index contributed by atoms with van der Waals surface area (Å²) in [6.07, 6.45) is 0.750. The number of likely N-dealkylation sites (tertiary alicyclic amines) is 1. The first-order valence-corrected chi connectivity index (χ1v) is 12.0. The molecule has 7 heteroatoms. The van der Waals surface area contributed by atoms with Crippen molar-refractivity contribution in [3.8, 4) is 5.75 Å². The van der Waals surface area contributed by atoms with E-state index in [1.54, 1.807) is 14.2 Å². The summed E-state index contributed by atoms with van der Waals surface area (Å²) in [5.74, 6) is 0.923. The SMILES string of the molecule is COCCNC(=O)[C@@H]1C[C@H](NCc2ccc(OC)c3ccccc23)CN1Cc1ccc(Cl)cc1. The lowest BCUT2D eigenvalue weighted by Gasteiger charge is -2.23. The maximum absolute atomic E-state index is 13.0. The van der Waals surface area contributed by atoms with E-state index in [2.05, 4.69) is 39.8 Å². The quantitative estimate of drug-likeness (QED) is 0.429. The van der Waals surface area contributed by atoms with E-state index < -0.39 is 0 Å². The Morgan fingerprint density at radius 3 is 2.56 bits per heavy atom. The van der Waals surface area contributed by atoms with Gasteiger partial charge in [-0.15, -0.1) is 0 Å². The van der Waals surface area contributed by atoms with Crippen LogP contribution in [0, 0.1) is 0 Å². The normalized spacial score (nSPS) is 18.3. The standard InChI is InChI=1S/C27H32ClN3O3/c1-33-14-13-29-27(32)25-15-22(18-31(25)17-19-7-10-21(28)11-8-19)30-16-20-9-12-26(34-2)24-6-4-3-5-23(20)24/h3-12,22,25,30H,13-18H2,1-2H3,(H,29,32)/t22-,25-/m0/s1.